The van der Waals surface area contributed by atoms with Crippen LogP contribution in [0.4, 0.5) is 23.2 Å². The zero-order valence-electron chi connectivity index (χ0n) is 8.79. The van der Waals surface area contributed by atoms with Crippen LogP contribution in [0, 0.1) is 0 Å². The molecule has 3 N–H and O–H groups in total. The van der Waals surface area contributed by atoms with Crippen molar-refractivity contribution < 1.29 is 32.2 Å². The van der Waals surface area contributed by atoms with Gasteiger partial charge in [-0.3, -0.25) is 4.79 Å². The fourth-order valence-corrected chi connectivity index (χ4v) is 1.20. The van der Waals surface area contributed by atoms with Crippen LogP contribution in [-0.4, -0.2) is 22.4 Å². The Hall–Kier alpha value is -2.06. The summed E-state index contributed by atoms with van der Waals surface area (Å²) in [5, 5.41) is 8.52. The third kappa shape index (κ3) is 3.75. The summed E-state index contributed by atoms with van der Waals surface area (Å²) in [6, 6.07) is 0.867. The molecule has 1 heterocycles. The van der Waals surface area contributed by atoms with E-state index in [2.05, 4.69) is 9.72 Å². The van der Waals surface area contributed by atoms with Crippen molar-refractivity contribution in [2.45, 2.75) is 19.5 Å². The standard InChI is InChI=1S/C9H8F4N2O3/c10-3-4-1-5(14)8(18-9(11,12)13)15-6(4)2-7(16)17/h1H,2-3,14H2,(H,16,17). The minimum Gasteiger partial charge on any atom is -0.481 e. The van der Waals surface area contributed by atoms with Gasteiger partial charge in [0.05, 0.1) is 17.8 Å². The van der Waals surface area contributed by atoms with E-state index in [0.717, 1.165) is 6.07 Å². The molecule has 1 aromatic heterocycles. The molecule has 5 nitrogen and oxygen atoms in total. The molecule has 1 rings (SSSR count). The lowest BCUT2D eigenvalue weighted by Gasteiger charge is -2.12. The fraction of sp³-hybridized carbons (Fsp3) is 0.333. The van der Waals surface area contributed by atoms with E-state index in [9.17, 15) is 22.4 Å². The predicted molar refractivity (Wildman–Crippen MR) is 51.5 cm³/mol. The zero-order valence-corrected chi connectivity index (χ0v) is 8.79. The summed E-state index contributed by atoms with van der Waals surface area (Å²) in [5.41, 5.74) is 4.13. The Morgan fingerprint density at radius 3 is 2.56 bits per heavy atom. The number of carboxylic acid groups (broad SMARTS) is 1. The number of hydrogen-bond acceptors (Lipinski definition) is 4. The monoisotopic (exact) mass is 268 g/mol. The number of rotatable bonds is 4. The molecule has 0 saturated heterocycles. The van der Waals surface area contributed by atoms with Crippen molar-refractivity contribution in [2.24, 2.45) is 0 Å². The second-order valence-corrected chi connectivity index (χ2v) is 3.24. The van der Waals surface area contributed by atoms with Crippen molar-refractivity contribution in [1.82, 2.24) is 4.98 Å². The number of alkyl halides is 4. The number of carbonyl (C=O) groups is 1. The normalized spacial score (nSPS) is 11.3. The van der Waals surface area contributed by atoms with Crippen LogP contribution in [0.1, 0.15) is 11.3 Å². The van der Waals surface area contributed by atoms with E-state index in [4.69, 9.17) is 10.8 Å². The van der Waals surface area contributed by atoms with E-state index in [0.29, 0.717) is 0 Å². The van der Waals surface area contributed by atoms with Gasteiger partial charge in [0.1, 0.15) is 6.67 Å². The summed E-state index contributed by atoms with van der Waals surface area (Å²) in [6.07, 6.45) is -5.74. The highest BCUT2D eigenvalue weighted by molar-refractivity contribution is 5.70. The average molecular weight is 268 g/mol. The maximum Gasteiger partial charge on any atom is 0.574 e. The fourth-order valence-electron chi connectivity index (χ4n) is 1.20. The predicted octanol–water partition coefficient (Wildman–Crippen LogP) is 1.66. The molecule has 100 valence electrons. The number of aromatic nitrogens is 1. The average Bonchev–Trinajstić information content (AvgIpc) is 2.19. The molecule has 0 aliphatic heterocycles. The van der Waals surface area contributed by atoms with Crippen LogP contribution in [0.3, 0.4) is 0 Å². The number of halogens is 4. The molecule has 0 aliphatic carbocycles. The third-order valence-corrected chi connectivity index (χ3v) is 1.86. The molecule has 0 aliphatic rings. The molecule has 0 fully saturated rings. The molecular weight excluding hydrogens is 260 g/mol. The molecule has 0 radical (unpaired) electrons. The van der Waals surface area contributed by atoms with Crippen molar-refractivity contribution in [1.29, 1.82) is 0 Å². The Morgan fingerprint density at radius 2 is 2.11 bits per heavy atom. The summed E-state index contributed by atoms with van der Waals surface area (Å²) in [7, 11) is 0. The van der Waals surface area contributed by atoms with Crippen molar-refractivity contribution >= 4 is 11.7 Å². The number of ether oxygens (including phenoxy) is 1. The lowest BCUT2D eigenvalue weighted by Crippen LogP contribution is -2.20. The molecule has 0 aromatic carbocycles. The first-order valence-corrected chi connectivity index (χ1v) is 4.54. The Morgan fingerprint density at radius 1 is 1.50 bits per heavy atom. The van der Waals surface area contributed by atoms with Gasteiger partial charge >= 0.3 is 12.3 Å². The van der Waals surface area contributed by atoms with Gasteiger partial charge in [-0.05, 0) is 6.07 Å². The summed E-state index contributed by atoms with van der Waals surface area (Å²) < 4.78 is 52.0. The largest absolute Gasteiger partial charge is 0.574 e. The number of nitrogens with zero attached hydrogens (tertiary/aromatic N) is 1. The van der Waals surface area contributed by atoms with E-state index >= 15 is 0 Å². The molecule has 0 atom stereocenters. The smallest absolute Gasteiger partial charge is 0.481 e. The molecule has 9 heteroatoms. The van der Waals surface area contributed by atoms with Crippen LogP contribution in [0.5, 0.6) is 5.88 Å². The third-order valence-electron chi connectivity index (χ3n) is 1.86. The molecule has 0 saturated carbocycles. The minimum absolute atomic E-state index is 0.190. The van der Waals surface area contributed by atoms with Crippen molar-refractivity contribution in [3.8, 4) is 5.88 Å². The highest BCUT2D eigenvalue weighted by Gasteiger charge is 2.33. The lowest BCUT2D eigenvalue weighted by atomic mass is 10.1. The Balaban J connectivity index is 3.16. The highest BCUT2D eigenvalue weighted by Crippen LogP contribution is 2.28. The Kier molecular flexibility index (Phi) is 3.94. The molecule has 0 spiro atoms. The number of aliphatic carboxylic acids is 1. The van der Waals surface area contributed by atoms with E-state index in [1.54, 1.807) is 0 Å². The molecular formula is C9H8F4N2O3. The summed E-state index contributed by atoms with van der Waals surface area (Å²) in [6.45, 7) is -1.09. The van der Waals surface area contributed by atoms with Gasteiger partial charge in [0.25, 0.3) is 0 Å². The van der Waals surface area contributed by atoms with Crippen LogP contribution in [0.15, 0.2) is 6.07 Å². The topological polar surface area (TPSA) is 85.4 Å². The van der Waals surface area contributed by atoms with Gasteiger partial charge in [0, 0.05) is 5.56 Å². The van der Waals surface area contributed by atoms with Gasteiger partial charge in [0.15, 0.2) is 0 Å². The van der Waals surface area contributed by atoms with Gasteiger partial charge in [-0.15, -0.1) is 13.2 Å². The molecule has 0 bridgehead atoms. The van der Waals surface area contributed by atoms with Crippen LogP contribution in [0.2, 0.25) is 0 Å². The van der Waals surface area contributed by atoms with Crippen molar-refractivity contribution in [3.05, 3.63) is 17.3 Å². The number of pyridine rings is 1. The van der Waals surface area contributed by atoms with Crippen LogP contribution < -0.4 is 10.5 Å². The van der Waals surface area contributed by atoms with Gasteiger partial charge < -0.3 is 15.6 Å². The summed E-state index contributed by atoms with van der Waals surface area (Å²) in [4.78, 5) is 13.7. The van der Waals surface area contributed by atoms with Crippen LogP contribution >= 0.6 is 0 Å². The van der Waals surface area contributed by atoms with E-state index in [1.165, 1.54) is 0 Å². The number of hydrogen-bond donors (Lipinski definition) is 2. The van der Waals surface area contributed by atoms with E-state index < -0.39 is 37.0 Å². The van der Waals surface area contributed by atoms with E-state index in [-0.39, 0.29) is 11.3 Å². The SMILES string of the molecule is Nc1cc(CF)c(CC(=O)O)nc1OC(F)(F)F. The Bertz CT molecular complexity index is 462. The Labute approximate surface area is 98.2 Å². The van der Waals surface area contributed by atoms with Gasteiger partial charge in [-0.25, -0.2) is 9.37 Å². The number of nitrogen functional groups attached to an aromatic ring is 1. The first-order valence-electron chi connectivity index (χ1n) is 4.54. The molecule has 0 unspecified atom stereocenters. The second-order valence-electron chi connectivity index (χ2n) is 3.24. The first kappa shape index (κ1) is 14.0. The number of nitrogens with two attached hydrogens (primary N) is 1. The quantitative estimate of drug-likeness (QED) is 0.811. The molecule has 18 heavy (non-hydrogen) atoms. The van der Waals surface area contributed by atoms with Crippen LogP contribution in [0.25, 0.3) is 0 Å². The lowest BCUT2D eigenvalue weighted by molar-refractivity contribution is -0.275. The second kappa shape index (κ2) is 5.07. The molecule has 1 aromatic rings. The van der Waals surface area contributed by atoms with Crippen molar-refractivity contribution in [2.75, 3.05) is 5.73 Å². The van der Waals surface area contributed by atoms with Crippen LogP contribution in [-0.2, 0) is 17.9 Å². The maximum atomic E-state index is 12.5. The van der Waals surface area contributed by atoms with Crippen molar-refractivity contribution in [3.63, 3.8) is 0 Å². The van der Waals surface area contributed by atoms with Gasteiger partial charge in [-0.1, -0.05) is 0 Å². The van der Waals surface area contributed by atoms with Gasteiger partial charge in [0.2, 0.25) is 5.88 Å². The highest BCUT2D eigenvalue weighted by atomic mass is 19.4. The first-order chi connectivity index (χ1) is 8.23. The summed E-state index contributed by atoms with van der Waals surface area (Å²) in [5.74, 6) is -2.35. The van der Waals surface area contributed by atoms with E-state index in [1.807, 2.05) is 0 Å². The minimum atomic E-state index is -5.02. The van der Waals surface area contributed by atoms with Gasteiger partial charge in [-0.2, -0.15) is 0 Å². The molecule has 0 amide bonds. The number of carboxylic acids is 1. The maximum absolute atomic E-state index is 12.5. The number of anilines is 1. The zero-order chi connectivity index (χ0) is 13.9. The summed E-state index contributed by atoms with van der Waals surface area (Å²) >= 11 is 0.